The molecule has 3 aromatic rings. The molecule has 8 heteroatoms. The van der Waals surface area contributed by atoms with Gasteiger partial charge in [0, 0.05) is 41.0 Å². The van der Waals surface area contributed by atoms with Crippen LogP contribution in [0.4, 0.5) is 5.69 Å². The third-order valence-electron chi connectivity index (χ3n) is 5.84. The Bertz CT molecular complexity index is 1130. The smallest absolute Gasteiger partial charge is 0.227 e. The minimum Gasteiger partial charge on any atom is -0.493 e. The number of rotatable bonds is 8. The summed E-state index contributed by atoms with van der Waals surface area (Å²) in [5, 5.41) is 3.73. The van der Waals surface area contributed by atoms with Crippen molar-refractivity contribution in [2.24, 2.45) is 5.92 Å². The largest absolute Gasteiger partial charge is 0.493 e. The number of aryl methyl sites for hydroxylation is 2. The molecular weight excluding hydrogens is 460 g/mol. The topological polar surface area (TPSA) is 84.4 Å². The fourth-order valence-electron chi connectivity index (χ4n) is 4.02. The Hall–Kier alpha value is -3.39. The van der Waals surface area contributed by atoms with Gasteiger partial charge in [0.15, 0.2) is 5.16 Å². The maximum atomic E-state index is 12.8. The van der Waals surface area contributed by atoms with Crippen LogP contribution in [0.5, 0.6) is 5.75 Å². The van der Waals surface area contributed by atoms with Crippen LogP contribution in [0, 0.1) is 19.8 Å². The first-order valence-electron chi connectivity index (χ1n) is 11.8. The second kappa shape index (κ2) is 11.8. The molecule has 35 heavy (non-hydrogen) atoms. The van der Waals surface area contributed by atoms with Crippen molar-refractivity contribution in [3.63, 3.8) is 0 Å². The van der Waals surface area contributed by atoms with Crippen LogP contribution in [-0.4, -0.2) is 46.4 Å². The molecule has 2 amide bonds. The molecule has 4 rings (SSSR count). The summed E-state index contributed by atoms with van der Waals surface area (Å²) in [6.07, 6.45) is 1.66. The monoisotopic (exact) mass is 490 g/mol. The Kier molecular flexibility index (Phi) is 8.36. The average Bonchev–Trinajstić information content (AvgIpc) is 2.85. The van der Waals surface area contributed by atoms with Crippen LogP contribution >= 0.6 is 11.8 Å². The minimum atomic E-state index is -0.0997. The molecular formula is C27H30N4O3S. The van der Waals surface area contributed by atoms with Crippen molar-refractivity contribution in [2.75, 3.05) is 25.0 Å². The first-order chi connectivity index (χ1) is 17.0. The van der Waals surface area contributed by atoms with Gasteiger partial charge < -0.3 is 15.0 Å². The number of carbonyl (C=O) groups excluding carboxylic acids is 2. The molecule has 182 valence electrons. The molecule has 0 saturated carbocycles. The van der Waals surface area contributed by atoms with Crippen molar-refractivity contribution >= 4 is 29.3 Å². The summed E-state index contributed by atoms with van der Waals surface area (Å²) in [5.41, 5.74) is 2.64. The minimum absolute atomic E-state index is 0.00237. The molecule has 7 nitrogen and oxygen atoms in total. The van der Waals surface area contributed by atoms with E-state index >= 15 is 0 Å². The Morgan fingerprint density at radius 1 is 1.00 bits per heavy atom. The van der Waals surface area contributed by atoms with E-state index in [0.29, 0.717) is 44.1 Å². The van der Waals surface area contributed by atoms with E-state index < -0.39 is 0 Å². The number of hydrogen-bond acceptors (Lipinski definition) is 6. The Labute approximate surface area is 210 Å². The lowest BCUT2D eigenvalue weighted by Gasteiger charge is -2.31. The quantitative estimate of drug-likeness (QED) is 0.453. The summed E-state index contributed by atoms with van der Waals surface area (Å²) in [5.74, 6) is 0.737. The van der Waals surface area contributed by atoms with Gasteiger partial charge in [0.1, 0.15) is 5.75 Å². The van der Waals surface area contributed by atoms with Crippen molar-refractivity contribution in [2.45, 2.75) is 43.2 Å². The lowest BCUT2D eigenvalue weighted by molar-refractivity contribution is -0.135. The predicted molar refractivity (Wildman–Crippen MR) is 137 cm³/mol. The zero-order chi connectivity index (χ0) is 24.6. The fraction of sp³-hybridized carbons (Fsp3) is 0.333. The van der Waals surface area contributed by atoms with E-state index in [-0.39, 0.29) is 17.7 Å². The van der Waals surface area contributed by atoms with Crippen LogP contribution in [0.1, 0.15) is 30.7 Å². The molecule has 0 aliphatic carbocycles. The van der Waals surface area contributed by atoms with Crippen LogP contribution in [0.2, 0.25) is 0 Å². The highest BCUT2D eigenvalue weighted by Gasteiger charge is 2.27. The van der Waals surface area contributed by atoms with Gasteiger partial charge in [0.2, 0.25) is 11.8 Å². The van der Waals surface area contributed by atoms with Crippen LogP contribution in [0.15, 0.2) is 70.7 Å². The van der Waals surface area contributed by atoms with Crippen molar-refractivity contribution in [1.29, 1.82) is 0 Å². The molecule has 2 heterocycles. The SMILES string of the molecule is Cc1cc(C)nc(Sc2ccc(NC(=O)C3CCN(C(=O)CCOc4ccccc4)CC3)cc2)n1. The average molecular weight is 491 g/mol. The van der Waals surface area contributed by atoms with Gasteiger partial charge in [-0.2, -0.15) is 0 Å². The molecule has 0 atom stereocenters. The first kappa shape index (κ1) is 24.7. The third-order valence-corrected chi connectivity index (χ3v) is 6.71. The van der Waals surface area contributed by atoms with Crippen LogP contribution in [0.25, 0.3) is 0 Å². The number of para-hydroxylation sites is 1. The van der Waals surface area contributed by atoms with Gasteiger partial charge >= 0.3 is 0 Å². The number of likely N-dealkylation sites (tertiary alicyclic amines) is 1. The molecule has 0 unspecified atom stereocenters. The molecule has 0 spiro atoms. The summed E-state index contributed by atoms with van der Waals surface area (Å²) in [6, 6.07) is 19.1. The van der Waals surface area contributed by atoms with E-state index in [1.807, 2.05) is 79.4 Å². The number of anilines is 1. The summed E-state index contributed by atoms with van der Waals surface area (Å²) < 4.78 is 5.63. The third kappa shape index (κ3) is 7.29. The van der Waals surface area contributed by atoms with Crippen LogP contribution in [0.3, 0.4) is 0 Å². The number of nitrogens with zero attached hydrogens (tertiary/aromatic N) is 3. The van der Waals surface area contributed by atoms with E-state index in [0.717, 1.165) is 27.7 Å². The highest BCUT2D eigenvalue weighted by Crippen LogP contribution is 2.27. The number of benzene rings is 2. The van der Waals surface area contributed by atoms with E-state index in [1.165, 1.54) is 11.8 Å². The number of ether oxygens (including phenoxy) is 1. The first-order valence-corrected chi connectivity index (χ1v) is 12.6. The molecule has 1 aliphatic heterocycles. The lowest BCUT2D eigenvalue weighted by Crippen LogP contribution is -2.41. The molecule has 1 N–H and O–H groups in total. The summed E-state index contributed by atoms with van der Waals surface area (Å²) >= 11 is 1.50. The predicted octanol–water partition coefficient (Wildman–Crippen LogP) is 4.89. The Morgan fingerprint density at radius 2 is 1.66 bits per heavy atom. The van der Waals surface area contributed by atoms with E-state index in [9.17, 15) is 9.59 Å². The van der Waals surface area contributed by atoms with Crippen LogP contribution in [-0.2, 0) is 9.59 Å². The highest BCUT2D eigenvalue weighted by atomic mass is 32.2. The number of aromatic nitrogens is 2. The molecule has 0 radical (unpaired) electrons. The molecule has 1 aromatic heterocycles. The highest BCUT2D eigenvalue weighted by molar-refractivity contribution is 7.99. The number of nitrogens with one attached hydrogen (secondary N) is 1. The Morgan fingerprint density at radius 3 is 2.31 bits per heavy atom. The van der Waals surface area contributed by atoms with Crippen molar-refractivity contribution in [1.82, 2.24) is 14.9 Å². The van der Waals surface area contributed by atoms with Gasteiger partial charge in [0.05, 0.1) is 13.0 Å². The van der Waals surface area contributed by atoms with Gasteiger partial charge in [-0.3, -0.25) is 9.59 Å². The van der Waals surface area contributed by atoms with E-state index in [1.54, 1.807) is 0 Å². The lowest BCUT2D eigenvalue weighted by atomic mass is 9.95. The van der Waals surface area contributed by atoms with Crippen molar-refractivity contribution in [3.8, 4) is 5.75 Å². The standard InChI is InChI=1S/C27H30N4O3S/c1-19-18-20(2)29-27(28-19)35-24-10-8-22(9-11-24)30-26(33)21-12-15-31(16-13-21)25(32)14-17-34-23-6-4-3-5-7-23/h3-11,18,21H,12-17H2,1-2H3,(H,30,33). The van der Waals surface area contributed by atoms with Gasteiger partial charge in [-0.05, 0) is 80.9 Å². The van der Waals surface area contributed by atoms with E-state index in [2.05, 4.69) is 15.3 Å². The van der Waals surface area contributed by atoms with Crippen molar-refractivity contribution < 1.29 is 14.3 Å². The van der Waals surface area contributed by atoms with Gasteiger partial charge in [-0.1, -0.05) is 18.2 Å². The van der Waals surface area contributed by atoms with Crippen molar-refractivity contribution in [3.05, 3.63) is 72.1 Å². The molecule has 1 fully saturated rings. The molecule has 2 aromatic carbocycles. The second-order valence-electron chi connectivity index (χ2n) is 8.62. The van der Waals surface area contributed by atoms with Gasteiger partial charge in [-0.25, -0.2) is 9.97 Å². The van der Waals surface area contributed by atoms with E-state index in [4.69, 9.17) is 4.74 Å². The molecule has 1 saturated heterocycles. The summed E-state index contributed by atoms with van der Waals surface area (Å²) in [6.45, 7) is 5.45. The van der Waals surface area contributed by atoms with Crippen LogP contribution < -0.4 is 10.1 Å². The van der Waals surface area contributed by atoms with Gasteiger partial charge in [-0.15, -0.1) is 0 Å². The summed E-state index contributed by atoms with van der Waals surface area (Å²) in [4.78, 5) is 37.0. The number of hydrogen-bond donors (Lipinski definition) is 1. The van der Waals surface area contributed by atoms with Gasteiger partial charge in [0.25, 0.3) is 0 Å². The zero-order valence-electron chi connectivity index (χ0n) is 20.1. The second-order valence-corrected chi connectivity index (χ2v) is 9.66. The molecule has 0 bridgehead atoms. The normalized spacial score (nSPS) is 13.9. The maximum absolute atomic E-state index is 12.8. The zero-order valence-corrected chi connectivity index (χ0v) is 20.9. The number of carbonyl (C=O) groups is 2. The summed E-state index contributed by atoms with van der Waals surface area (Å²) in [7, 11) is 0. The maximum Gasteiger partial charge on any atom is 0.227 e. The fourth-order valence-corrected chi connectivity index (χ4v) is 4.88. The molecule has 1 aliphatic rings. The number of amides is 2. The Balaban J connectivity index is 1.20. The number of piperidine rings is 1.